The lowest BCUT2D eigenvalue weighted by Gasteiger charge is -2.17. The highest BCUT2D eigenvalue weighted by molar-refractivity contribution is 7.13. The third-order valence-electron chi connectivity index (χ3n) is 5.14. The van der Waals surface area contributed by atoms with Crippen LogP contribution < -0.4 is 11.1 Å². The summed E-state index contributed by atoms with van der Waals surface area (Å²) in [6.07, 6.45) is 0.750. The first-order chi connectivity index (χ1) is 14.8. The Kier molecular flexibility index (Phi) is 6.33. The van der Waals surface area contributed by atoms with Gasteiger partial charge in [-0.05, 0) is 25.0 Å². The summed E-state index contributed by atoms with van der Waals surface area (Å²) >= 11 is 6.97. The molecule has 7 nitrogen and oxygen atoms in total. The second-order valence-corrected chi connectivity index (χ2v) is 8.50. The minimum absolute atomic E-state index is 0.0164. The Bertz CT molecular complexity index is 1090. The first-order valence-corrected chi connectivity index (χ1v) is 10.8. The van der Waals surface area contributed by atoms with Gasteiger partial charge >= 0.3 is 0 Å². The number of aromatic nitrogens is 3. The number of hydrogen-bond acceptors (Lipinski definition) is 6. The third-order valence-corrected chi connectivity index (χ3v) is 6.31. The van der Waals surface area contributed by atoms with Crippen LogP contribution in [0.5, 0.6) is 0 Å². The number of carbonyl (C=O) groups excluding carboxylic acids is 1. The minimum atomic E-state index is -1.24. The Morgan fingerprint density at radius 3 is 3.03 bits per heavy atom. The Morgan fingerprint density at radius 2 is 2.23 bits per heavy atom. The van der Waals surface area contributed by atoms with Crippen LogP contribution in [0.25, 0.3) is 10.6 Å². The van der Waals surface area contributed by atoms with Crippen molar-refractivity contribution in [2.45, 2.75) is 31.2 Å². The number of benzene rings is 1. The minimum Gasteiger partial charge on any atom is -0.369 e. The SMILES string of the molecule is Cn1ncc(NC(=O)c2csc(-c3cccc(Cl)c3F)n2)c1[C@H]1CC[C@@H](N)[C@@H](F)CO1. The molecule has 31 heavy (non-hydrogen) atoms. The summed E-state index contributed by atoms with van der Waals surface area (Å²) in [5, 5.41) is 8.83. The van der Waals surface area contributed by atoms with Crippen molar-refractivity contribution in [3.63, 3.8) is 0 Å². The zero-order valence-electron chi connectivity index (χ0n) is 16.5. The van der Waals surface area contributed by atoms with Gasteiger partial charge in [0.15, 0.2) is 5.82 Å². The van der Waals surface area contributed by atoms with Crippen LogP contribution in [0, 0.1) is 5.82 Å². The number of hydrogen-bond donors (Lipinski definition) is 2. The second kappa shape index (κ2) is 8.99. The van der Waals surface area contributed by atoms with E-state index in [0.29, 0.717) is 29.2 Å². The molecule has 1 aromatic carbocycles. The topological polar surface area (TPSA) is 95.1 Å². The van der Waals surface area contributed by atoms with Crippen molar-refractivity contribution in [3.8, 4) is 10.6 Å². The van der Waals surface area contributed by atoms with Gasteiger partial charge in [-0.1, -0.05) is 17.7 Å². The van der Waals surface area contributed by atoms with Gasteiger partial charge in [0.2, 0.25) is 0 Å². The molecule has 3 N–H and O–H groups in total. The van der Waals surface area contributed by atoms with Crippen molar-refractivity contribution in [1.82, 2.24) is 14.8 Å². The number of amides is 1. The molecule has 164 valence electrons. The van der Waals surface area contributed by atoms with Gasteiger partial charge in [0.1, 0.15) is 23.0 Å². The zero-order chi connectivity index (χ0) is 22.1. The van der Waals surface area contributed by atoms with Gasteiger partial charge in [-0.3, -0.25) is 9.48 Å². The Morgan fingerprint density at radius 1 is 1.42 bits per heavy atom. The number of rotatable bonds is 4. The molecule has 1 amide bonds. The summed E-state index contributed by atoms with van der Waals surface area (Å²) < 4.78 is 35.4. The van der Waals surface area contributed by atoms with E-state index in [0.717, 1.165) is 11.3 Å². The predicted molar refractivity (Wildman–Crippen MR) is 114 cm³/mol. The number of carbonyl (C=O) groups is 1. The van der Waals surface area contributed by atoms with E-state index < -0.39 is 30.0 Å². The van der Waals surface area contributed by atoms with Gasteiger partial charge in [0, 0.05) is 24.0 Å². The fraction of sp³-hybridized carbons (Fsp3) is 0.350. The van der Waals surface area contributed by atoms with Gasteiger partial charge in [-0.2, -0.15) is 5.10 Å². The van der Waals surface area contributed by atoms with E-state index in [4.69, 9.17) is 22.1 Å². The van der Waals surface area contributed by atoms with Crippen molar-refractivity contribution in [2.75, 3.05) is 11.9 Å². The molecule has 0 saturated carbocycles. The lowest BCUT2D eigenvalue weighted by Crippen LogP contribution is -2.32. The summed E-state index contributed by atoms with van der Waals surface area (Å²) in [5.41, 5.74) is 7.21. The summed E-state index contributed by atoms with van der Waals surface area (Å²) in [6.45, 7) is -0.120. The normalized spacial score (nSPS) is 21.6. The van der Waals surface area contributed by atoms with E-state index in [2.05, 4.69) is 15.4 Å². The fourth-order valence-corrected chi connectivity index (χ4v) is 4.43. The van der Waals surface area contributed by atoms with Crippen molar-refractivity contribution >= 4 is 34.5 Å². The van der Waals surface area contributed by atoms with Crippen molar-refractivity contribution < 1.29 is 18.3 Å². The van der Waals surface area contributed by atoms with Gasteiger partial charge in [0.05, 0.1) is 29.2 Å². The third kappa shape index (κ3) is 4.47. The number of halogens is 3. The van der Waals surface area contributed by atoms with E-state index in [1.54, 1.807) is 23.9 Å². The number of ether oxygens (including phenoxy) is 1. The molecule has 11 heteroatoms. The van der Waals surface area contributed by atoms with Gasteiger partial charge in [0.25, 0.3) is 5.91 Å². The number of nitrogens with two attached hydrogens (primary N) is 1. The molecular formula is C20H20ClF2N5O2S. The van der Waals surface area contributed by atoms with Crippen molar-refractivity contribution in [2.24, 2.45) is 12.8 Å². The van der Waals surface area contributed by atoms with Gasteiger partial charge in [-0.15, -0.1) is 11.3 Å². The molecule has 2 aromatic heterocycles. The summed E-state index contributed by atoms with van der Waals surface area (Å²) in [4.78, 5) is 17.0. The molecule has 3 heterocycles. The van der Waals surface area contributed by atoms with E-state index >= 15 is 0 Å². The number of alkyl halides is 1. The van der Waals surface area contributed by atoms with Crippen molar-refractivity contribution in [3.05, 3.63) is 52.0 Å². The van der Waals surface area contributed by atoms with Crippen LogP contribution in [-0.2, 0) is 11.8 Å². The van der Waals surface area contributed by atoms with E-state index in [1.165, 1.54) is 17.6 Å². The van der Waals surface area contributed by atoms with E-state index in [9.17, 15) is 13.6 Å². The molecule has 1 aliphatic rings. The standard InChI is InChI=1S/C20H20ClF2N5O2S/c1-28-18(16-6-5-13(24)12(22)8-30-16)14(7-25-28)26-19(29)15-9-31-20(27-15)10-3-2-4-11(21)17(10)23/h2-4,7,9,12-13,16H,5-6,8,24H2,1H3,(H,26,29)/t12-,13+,16+/m0/s1. The highest BCUT2D eigenvalue weighted by Crippen LogP contribution is 2.33. The second-order valence-electron chi connectivity index (χ2n) is 7.24. The monoisotopic (exact) mass is 467 g/mol. The maximum Gasteiger partial charge on any atom is 0.275 e. The zero-order valence-corrected chi connectivity index (χ0v) is 18.1. The quantitative estimate of drug-likeness (QED) is 0.602. The van der Waals surface area contributed by atoms with Crippen LogP contribution in [-0.4, -0.2) is 39.5 Å². The highest BCUT2D eigenvalue weighted by Gasteiger charge is 2.30. The maximum atomic E-state index is 14.3. The fourth-order valence-electron chi connectivity index (χ4n) is 3.44. The molecule has 1 aliphatic heterocycles. The number of anilines is 1. The Hall–Kier alpha value is -2.40. The number of aryl methyl sites for hydroxylation is 1. The maximum absolute atomic E-state index is 14.3. The van der Waals surface area contributed by atoms with Crippen LogP contribution in [0.15, 0.2) is 29.8 Å². The Labute approximate surface area is 186 Å². The van der Waals surface area contributed by atoms with Gasteiger partial charge < -0.3 is 15.8 Å². The molecule has 0 spiro atoms. The highest BCUT2D eigenvalue weighted by atomic mass is 35.5. The van der Waals surface area contributed by atoms with E-state index in [1.807, 2.05) is 0 Å². The average Bonchev–Trinajstić information content (AvgIpc) is 3.33. The molecule has 0 bridgehead atoms. The van der Waals surface area contributed by atoms with Crippen LogP contribution in [0.3, 0.4) is 0 Å². The number of nitrogens with zero attached hydrogens (tertiary/aromatic N) is 3. The molecule has 1 fully saturated rings. The molecule has 0 unspecified atom stereocenters. The molecule has 1 saturated heterocycles. The summed E-state index contributed by atoms with van der Waals surface area (Å²) in [7, 11) is 1.72. The molecule has 0 radical (unpaired) electrons. The van der Waals surface area contributed by atoms with E-state index in [-0.39, 0.29) is 22.9 Å². The summed E-state index contributed by atoms with van der Waals surface area (Å²) in [6, 6.07) is 4.02. The van der Waals surface area contributed by atoms with Gasteiger partial charge in [-0.25, -0.2) is 13.8 Å². The molecule has 4 rings (SSSR count). The first-order valence-electron chi connectivity index (χ1n) is 9.59. The van der Waals surface area contributed by atoms with Crippen LogP contribution in [0.1, 0.15) is 35.1 Å². The van der Waals surface area contributed by atoms with Crippen molar-refractivity contribution in [1.29, 1.82) is 0 Å². The number of thiazole rings is 1. The number of nitrogens with one attached hydrogen (secondary N) is 1. The van der Waals surface area contributed by atoms with Crippen LogP contribution in [0.4, 0.5) is 14.5 Å². The molecular weight excluding hydrogens is 448 g/mol. The predicted octanol–water partition coefficient (Wildman–Crippen LogP) is 4.11. The lowest BCUT2D eigenvalue weighted by atomic mass is 10.0. The molecule has 0 aliphatic carbocycles. The lowest BCUT2D eigenvalue weighted by molar-refractivity contribution is 0.0247. The van der Waals surface area contributed by atoms with Crippen LogP contribution >= 0.6 is 22.9 Å². The molecule has 3 atom stereocenters. The molecule has 3 aromatic rings. The average molecular weight is 468 g/mol. The largest absolute Gasteiger partial charge is 0.369 e. The Balaban J connectivity index is 1.54. The smallest absolute Gasteiger partial charge is 0.275 e. The summed E-state index contributed by atoms with van der Waals surface area (Å²) in [5.74, 6) is -1.07. The van der Waals surface area contributed by atoms with Crippen LogP contribution in [0.2, 0.25) is 5.02 Å². The first kappa shape index (κ1) is 21.8.